The van der Waals surface area contributed by atoms with Gasteiger partial charge in [0, 0.05) is 10.0 Å². The number of hydrogen-bond donors (Lipinski definition) is 2. The summed E-state index contributed by atoms with van der Waals surface area (Å²) in [6.45, 7) is 4.72. The Morgan fingerprint density at radius 2 is 2.04 bits per heavy atom. The molecule has 0 saturated carbocycles. The maximum atomic E-state index is 12.3. The van der Waals surface area contributed by atoms with Crippen LogP contribution in [-0.2, 0) is 0 Å². The molecule has 0 radical (unpaired) electrons. The Hall–Kier alpha value is -1.63. The van der Waals surface area contributed by atoms with E-state index in [0.29, 0.717) is 34.5 Å². The van der Waals surface area contributed by atoms with Crippen molar-refractivity contribution < 1.29 is 9.53 Å². The molecule has 0 unspecified atom stereocenters. The van der Waals surface area contributed by atoms with Gasteiger partial charge in [-0.1, -0.05) is 47.4 Å². The number of thiocarbonyl (C=S) groups is 1. The van der Waals surface area contributed by atoms with E-state index in [1.54, 1.807) is 30.3 Å². The van der Waals surface area contributed by atoms with Crippen LogP contribution in [0.4, 0.5) is 5.69 Å². The second kappa shape index (κ2) is 9.17. The molecule has 0 aromatic heterocycles. The summed E-state index contributed by atoms with van der Waals surface area (Å²) >= 11 is 14.6. The van der Waals surface area contributed by atoms with Crippen molar-refractivity contribution in [3.8, 4) is 5.75 Å². The number of nitrogens with one attached hydrogen (secondary N) is 2. The van der Waals surface area contributed by atoms with E-state index in [-0.39, 0.29) is 11.0 Å². The molecule has 0 saturated heterocycles. The SMILES string of the molecule is CC(C)COc1cccc(C(=O)NC(=S)Nc2ccc(Br)cc2Cl)c1. The number of amides is 1. The van der Waals surface area contributed by atoms with Crippen molar-refractivity contribution in [1.29, 1.82) is 0 Å². The predicted molar refractivity (Wildman–Crippen MR) is 110 cm³/mol. The molecule has 0 atom stereocenters. The summed E-state index contributed by atoms with van der Waals surface area (Å²) in [4.78, 5) is 12.3. The van der Waals surface area contributed by atoms with Gasteiger partial charge in [-0.2, -0.15) is 0 Å². The van der Waals surface area contributed by atoms with Crippen LogP contribution in [0.15, 0.2) is 46.9 Å². The minimum atomic E-state index is -0.319. The fourth-order valence-electron chi connectivity index (χ4n) is 1.91. The van der Waals surface area contributed by atoms with E-state index < -0.39 is 0 Å². The third kappa shape index (κ3) is 6.30. The first-order chi connectivity index (χ1) is 11.8. The largest absolute Gasteiger partial charge is 0.493 e. The molecule has 0 fully saturated rings. The predicted octanol–water partition coefficient (Wildman–Crippen LogP) is 5.26. The van der Waals surface area contributed by atoms with Crippen molar-refractivity contribution in [2.75, 3.05) is 11.9 Å². The molecule has 4 nitrogen and oxygen atoms in total. The average Bonchev–Trinajstić information content (AvgIpc) is 2.56. The molecule has 0 aliphatic carbocycles. The third-order valence-corrected chi connectivity index (χ3v) is 4.10. The van der Waals surface area contributed by atoms with Crippen molar-refractivity contribution >= 4 is 56.5 Å². The molecule has 0 spiro atoms. The van der Waals surface area contributed by atoms with Crippen LogP contribution in [0.1, 0.15) is 24.2 Å². The molecular formula is C18H18BrClN2O2S. The monoisotopic (exact) mass is 440 g/mol. The minimum Gasteiger partial charge on any atom is -0.493 e. The van der Waals surface area contributed by atoms with Crippen LogP contribution in [-0.4, -0.2) is 17.6 Å². The highest BCUT2D eigenvalue weighted by Gasteiger charge is 2.10. The second-order valence-electron chi connectivity index (χ2n) is 5.77. The normalized spacial score (nSPS) is 10.4. The number of benzene rings is 2. The van der Waals surface area contributed by atoms with Gasteiger partial charge in [0.05, 0.1) is 17.3 Å². The quantitative estimate of drug-likeness (QED) is 0.621. The van der Waals surface area contributed by atoms with Crippen LogP contribution in [0.5, 0.6) is 5.75 Å². The third-order valence-electron chi connectivity index (χ3n) is 3.09. The number of carbonyl (C=O) groups excluding carboxylic acids is 1. The molecule has 2 aromatic rings. The molecule has 25 heavy (non-hydrogen) atoms. The molecule has 1 amide bonds. The average molecular weight is 442 g/mol. The number of halogens is 2. The molecule has 0 bridgehead atoms. The van der Waals surface area contributed by atoms with Crippen molar-refractivity contribution in [3.63, 3.8) is 0 Å². The molecule has 132 valence electrons. The van der Waals surface area contributed by atoms with Crippen LogP contribution >= 0.6 is 39.7 Å². The number of anilines is 1. The van der Waals surface area contributed by atoms with E-state index in [2.05, 4.69) is 40.4 Å². The Kier molecular flexibility index (Phi) is 7.23. The number of rotatable bonds is 5. The van der Waals surface area contributed by atoms with Gasteiger partial charge in [-0.05, 0) is 54.5 Å². The smallest absolute Gasteiger partial charge is 0.257 e. The topological polar surface area (TPSA) is 50.4 Å². The van der Waals surface area contributed by atoms with E-state index >= 15 is 0 Å². The zero-order valence-electron chi connectivity index (χ0n) is 13.8. The summed E-state index contributed by atoms with van der Waals surface area (Å²) in [5.41, 5.74) is 1.08. The van der Waals surface area contributed by atoms with Gasteiger partial charge in [0.1, 0.15) is 5.75 Å². The Morgan fingerprint density at radius 1 is 1.28 bits per heavy atom. The Morgan fingerprint density at radius 3 is 2.72 bits per heavy atom. The number of ether oxygens (including phenoxy) is 1. The first kappa shape index (κ1) is 19.7. The molecule has 0 heterocycles. The zero-order valence-corrected chi connectivity index (χ0v) is 17.0. The molecule has 2 N–H and O–H groups in total. The van der Waals surface area contributed by atoms with Crippen LogP contribution in [0.3, 0.4) is 0 Å². The first-order valence-electron chi connectivity index (χ1n) is 7.65. The lowest BCUT2D eigenvalue weighted by Gasteiger charge is -2.12. The van der Waals surface area contributed by atoms with Crippen molar-refractivity contribution in [3.05, 3.63) is 57.5 Å². The van der Waals surface area contributed by atoms with Gasteiger partial charge in [0.2, 0.25) is 0 Å². The van der Waals surface area contributed by atoms with E-state index in [4.69, 9.17) is 28.6 Å². The lowest BCUT2D eigenvalue weighted by molar-refractivity contribution is 0.0977. The minimum absolute atomic E-state index is 0.169. The van der Waals surface area contributed by atoms with Crippen molar-refractivity contribution in [1.82, 2.24) is 5.32 Å². The molecule has 2 rings (SSSR count). The summed E-state index contributed by atoms with van der Waals surface area (Å²) < 4.78 is 6.49. The Bertz CT molecular complexity index is 783. The lowest BCUT2D eigenvalue weighted by atomic mass is 10.2. The highest BCUT2D eigenvalue weighted by atomic mass is 79.9. The Labute approximate surface area is 166 Å². The van der Waals surface area contributed by atoms with Gasteiger partial charge in [0.15, 0.2) is 5.11 Å². The molecule has 0 aliphatic rings. The van der Waals surface area contributed by atoms with Crippen molar-refractivity contribution in [2.24, 2.45) is 5.92 Å². The maximum Gasteiger partial charge on any atom is 0.257 e. The van der Waals surface area contributed by atoms with Crippen molar-refractivity contribution in [2.45, 2.75) is 13.8 Å². The van der Waals surface area contributed by atoms with E-state index in [1.165, 1.54) is 0 Å². The summed E-state index contributed by atoms with van der Waals surface area (Å²) in [5, 5.41) is 6.21. The molecule has 2 aromatic carbocycles. The summed E-state index contributed by atoms with van der Waals surface area (Å²) in [6.07, 6.45) is 0. The molecule has 0 aliphatic heterocycles. The zero-order chi connectivity index (χ0) is 18.4. The lowest BCUT2D eigenvalue weighted by Crippen LogP contribution is -2.34. The second-order valence-corrected chi connectivity index (χ2v) is 7.50. The van der Waals surface area contributed by atoms with E-state index in [9.17, 15) is 4.79 Å². The summed E-state index contributed by atoms with van der Waals surface area (Å²) in [7, 11) is 0. The highest BCUT2D eigenvalue weighted by Crippen LogP contribution is 2.25. The van der Waals surface area contributed by atoms with Gasteiger partial charge in [-0.15, -0.1) is 0 Å². The van der Waals surface area contributed by atoms with Gasteiger partial charge in [-0.3, -0.25) is 10.1 Å². The van der Waals surface area contributed by atoms with E-state index in [1.807, 2.05) is 12.1 Å². The first-order valence-corrected chi connectivity index (χ1v) is 9.23. The van der Waals surface area contributed by atoms with Gasteiger partial charge < -0.3 is 10.1 Å². The van der Waals surface area contributed by atoms with Crippen LogP contribution < -0.4 is 15.4 Å². The maximum absolute atomic E-state index is 12.3. The summed E-state index contributed by atoms with van der Waals surface area (Å²) in [5.74, 6) is 0.738. The fourth-order valence-corrected chi connectivity index (χ4v) is 2.83. The fraction of sp³-hybridized carbons (Fsp3) is 0.222. The van der Waals surface area contributed by atoms with Gasteiger partial charge in [0.25, 0.3) is 5.91 Å². The molecular weight excluding hydrogens is 424 g/mol. The molecule has 7 heteroatoms. The van der Waals surface area contributed by atoms with Crippen LogP contribution in [0.2, 0.25) is 5.02 Å². The van der Waals surface area contributed by atoms with Gasteiger partial charge >= 0.3 is 0 Å². The number of hydrogen-bond acceptors (Lipinski definition) is 3. The number of carbonyl (C=O) groups is 1. The summed E-state index contributed by atoms with van der Waals surface area (Å²) in [6, 6.07) is 12.3. The Balaban J connectivity index is 1.99. The standard InChI is InChI=1S/C18H18BrClN2O2S/c1-11(2)10-24-14-5-3-4-12(8-14)17(23)22-18(25)21-16-7-6-13(19)9-15(16)20/h3-9,11H,10H2,1-2H3,(H2,21,22,23,25). The van der Waals surface area contributed by atoms with Crippen LogP contribution in [0.25, 0.3) is 0 Å². The van der Waals surface area contributed by atoms with Gasteiger partial charge in [-0.25, -0.2) is 0 Å². The van der Waals surface area contributed by atoms with E-state index in [0.717, 1.165) is 4.47 Å². The highest BCUT2D eigenvalue weighted by molar-refractivity contribution is 9.10. The van der Waals surface area contributed by atoms with Crippen LogP contribution in [0, 0.1) is 5.92 Å².